The third-order valence-corrected chi connectivity index (χ3v) is 6.97. The van der Waals surface area contributed by atoms with Gasteiger partial charge in [0.2, 0.25) is 10.0 Å². The number of carbonyl (C=O) groups is 1. The van der Waals surface area contributed by atoms with E-state index in [1.807, 2.05) is 12.1 Å². The van der Waals surface area contributed by atoms with Crippen molar-refractivity contribution in [1.82, 2.24) is 0 Å². The van der Waals surface area contributed by atoms with E-state index in [0.29, 0.717) is 11.3 Å². The Balaban J connectivity index is 1.74. The summed E-state index contributed by atoms with van der Waals surface area (Å²) in [4.78, 5) is 12.6. The van der Waals surface area contributed by atoms with Crippen molar-refractivity contribution in [3.05, 3.63) is 59.2 Å². The average Bonchev–Trinajstić information content (AvgIpc) is 2.61. The Kier molecular flexibility index (Phi) is 5.29. The molecule has 1 aliphatic rings. The van der Waals surface area contributed by atoms with Gasteiger partial charge in [0.05, 0.1) is 4.75 Å². The quantitative estimate of drug-likeness (QED) is 0.820. The molecular weight excluding hydrogens is 360 g/mol. The van der Waals surface area contributed by atoms with Crippen LogP contribution in [-0.2, 0) is 22.9 Å². The molecule has 0 radical (unpaired) electrons. The second-order valence-electron chi connectivity index (χ2n) is 7.90. The van der Waals surface area contributed by atoms with Crippen molar-refractivity contribution in [2.45, 2.75) is 51.2 Å². The van der Waals surface area contributed by atoms with Crippen LogP contribution < -0.4 is 10.0 Å². The van der Waals surface area contributed by atoms with Gasteiger partial charge < -0.3 is 5.32 Å². The van der Waals surface area contributed by atoms with E-state index in [1.165, 1.54) is 17.5 Å². The van der Waals surface area contributed by atoms with Crippen LogP contribution in [0.5, 0.6) is 0 Å². The van der Waals surface area contributed by atoms with Crippen LogP contribution in [0, 0.1) is 0 Å². The normalized spacial score (nSPS) is 14.3. The fourth-order valence-corrected chi connectivity index (χ4v) is 3.84. The van der Waals surface area contributed by atoms with Gasteiger partial charge in [0.25, 0.3) is 5.91 Å². The van der Waals surface area contributed by atoms with Crippen LogP contribution in [0.25, 0.3) is 0 Å². The average molecular weight is 387 g/mol. The van der Waals surface area contributed by atoms with Crippen molar-refractivity contribution in [3.63, 3.8) is 0 Å². The molecule has 6 heteroatoms. The molecule has 2 N–H and O–H groups in total. The maximum absolute atomic E-state index is 12.6. The molecule has 0 unspecified atom stereocenters. The van der Waals surface area contributed by atoms with Crippen LogP contribution in [0.2, 0.25) is 0 Å². The van der Waals surface area contributed by atoms with E-state index < -0.39 is 14.8 Å². The first-order chi connectivity index (χ1) is 12.7. The third kappa shape index (κ3) is 4.33. The number of hydrogen-bond donors (Lipinski definition) is 2. The molecule has 144 valence electrons. The zero-order valence-corrected chi connectivity index (χ0v) is 16.8. The zero-order chi connectivity index (χ0) is 19.7. The lowest BCUT2D eigenvalue weighted by Crippen LogP contribution is -2.33. The van der Waals surface area contributed by atoms with E-state index in [2.05, 4.69) is 16.1 Å². The lowest BCUT2D eigenvalue weighted by molar-refractivity contribution is 0.102. The van der Waals surface area contributed by atoms with E-state index in [-0.39, 0.29) is 5.91 Å². The van der Waals surface area contributed by atoms with E-state index in [1.54, 1.807) is 45.0 Å². The molecule has 2 aromatic rings. The predicted molar refractivity (Wildman–Crippen MR) is 110 cm³/mol. The van der Waals surface area contributed by atoms with Crippen LogP contribution in [0.1, 0.15) is 55.1 Å². The van der Waals surface area contributed by atoms with Gasteiger partial charge >= 0.3 is 0 Å². The van der Waals surface area contributed by atoms with Gasteiger partial charge in [-0.15, -0.1) is 0 Å². The van der Waals surface area contributed by atoms with Crippen molar-refractivity contribution in [1.29, 1.82) is 0 Å². The Bertz CT molecular complexity index is 942. The molecule has 3 rings (SSSR count). The number of rotatable bonds is 4. The zero-order valence-electron chi connectivity index (χ0n) is 16.0. The molecule has 2 aromatic carbocycles. The smallest absolute Gasteiger partial charge is 0.255 e. The maximum atomic E-state index is 12.6. The van der Waals surface area contributed by atoms with Crippen LogP contribution in [0.3, 0.4) is 0 Å². The molecule has 0 fully saturated rings. The fourth-order valence-electron chi connectivity index (χ4n) is 3.09. The molecule has 0 aromatic heterocycles. The highest BCUT2D eigenvalue weighted by molar-refractivity contribution is 7.94. The highest BCUT2D eigenvalue weighted by Gasteiger charge is 2.28. The Labute approximate surface area is 161 Å². The number of aryl methyl sites for hydroxylation is 1. The van der Waals surface area contributed by atoms with Crippen LogP contribution in [0.4, 0.5) is 11.4 Å². The summed E-state index contributed by atoms with van der Waals surface area (Å²) in [5, 5.41) is 3.00. The maximum Gasteiger partial charge on any atom is 0.255 e. The standard InChI is InChI=1S/C21H26N2O3S/c1-21(2,3)27(25,26)23-17-13-11-16(12-14-17)20(24)22-19-10-6-8-15-7-4-5-9-18(15)19/h6,8,10-14,23H,4-5,7,9H2,1-3H3,(H,22,24). The van der Waals surface area contributed by atoms with E-state index >= 15 is 0 Å². The molecule has 0 aliphatic heterocycles. The summed E-state index contributed by atoms with van der Waals surface area (Å²) in [6.07, 6.45) is 4.37. The van der Waals surface area contributed by atoms with Crippen molar-refractivity contribution in [2.24, 2.45) is 0 Å². The minimum absolute atomic E-state index is 0.195. The van der Waals surface area contributed by atoms with Gasteiger partial charge in [-0.1, -0.05) is 12.1 Å². The molecule has 27 heavy (non-hydrogen) atoms. The second kappa shape index (κ2) is 7.35. The molecule has 1 amide bonds. The van der Waals surface area contributed by atoms with E-state index in [9.17, 15) is 13.2 Å². The van der Waals surface area contributed by atoms with Crippen molar-refractivity contribution in [2.75, 3.05) is 10.0 Å². The van der Waals surface area contributed by atoms with Crippen LogP contribution >= 0.6 is 0 Å². The van der Waals surface area contributed by atoms with Crippen LogP contribution in [0.15, 0.2) is 42.5 Å². The number of amides is 1. The highest BCUT2D eigenvalue weighted by Crippen LogP contribution is 2.28. The van der Waals surface area contributed by atoms with Crippen molar-refractivity contribution < 1.29 is 13.2 Å². The molecule has 0 heterocycles. The summed E-state index contributed by atoms with van der Waals surface area (Å²) in [7, 11) is -3.49. The molecule has 0 bridgehead atoms. The molecule has 0 saturated heterocycles. The second-order valence-corrected chi connectivity index (χ2v) is 10.3. The summed E-state index contributed by atoms with van der Waals surface area (Å²) in [6.45, 7) is 4.91. The van der Waals surface area contributed by atoms with Gasteiger partial charge in [0.15, 0.2) is 0 Å². The van der Waals surface area contributed by atoms with E-state index in [0.717, 1.165) is 24.9 Å². The van der Waals surface area contributed by atoms with Gasteiger partial charge in [-0.3, -0.25) is 9.52 Å². The number of nitrogens with one attached hydrogen (secondary N) is 2. The predicted octanol–water partition coefficient (Wildman–Crippen LogP) is 4.36. The van der Waals surface area contributed by atoms with Gasteiger partial charge in [0.1, 0.15) is 0 Å². The minimum atomic E-state index is -3.49. The number of carbonyl (C=O) groups excluding carboxylic acids is 1. The van der Waals surface area contributed by atoms with Gasteiger partial charge in [-0.05, 0) is 87.9 Å². The summed E-state index contributed by atoms with van der Waals surface area (Å²) in [5.41, 5.74) is 4.34. The summed E-state index contributed by atoms with van der Waals surface area (Å²) in [5.74, 6) is -0.195. The Morgan fingerprint density at radius 2 is 1.63 bits per heavy atom. The third-order valence-electron chi connectivity index (χ3n) is 4.85. The Hall–Kier alpha value is -2.34. The first-order valence-corrected chi connectivity index (χ1v) is 10.7. The number of sulfonamides is 1. The minimum Gasteiger partial charge on any atom is -0.322 e. The first kappa shape index (κ1) is 19.4. The molecule has 0 spiro atoms. The monoisotopic (exact) mass is 386 g/mol. The van der Waals surface area contributed by atoms with Gasteiger partial charge in [-0.2, -0.15) is 0 Å². The number of fused-ring (bicyclic) bond motifs is 1. The molecular formula is C21H26N2O3S. The highest BCUT2D eigenvalue weighted by atomic mass is 32.2. The van der Waals surface area contributed by atoms with Gasteiger partial charge in [-0.25, -0.2) is 8.42 Å². The number of hydrogen-bond acceptors (Lipinski definition) is 3. The summed E-state index contributed by atoms with van der Waals surface area (Å²) >= 11 is 0. The largest absolute Gasteiger partial charge is 0.322 e. The molecule has 0 saturated carbocycles. The lowest BCUT2D eigenvalue weighted by Gasteiger charge is -2.20. The molecule has 1 aliphatic carbocycles. The SMILES string of the molecule is CC(C)(C)S(=O)(=O)Nc1ccc(C(=O)Nc2cccc3c2CCCC3)cc1. The molecule has 5 nitrogen and oxygen atoms in total. The number of benzene rings is 2. The van der Waals surface area contributed by atoms with Crippen molar-refractivity contribution in [3.8, 4) is 0 Å². The number of anilines is 2. The fraction of sp³-hybridized carbons (Fsp3) is 0.381. The summed E-state index contributed by atoms with van der Waals surface area (Å²) in [6, 6.07) is 12.5. The van der Waals surface area contributed by atoms with Crippen molar-refractivity contribution >= 4 is 27.3 Å². The Morgan fingerprint density at radius 1 is 0.963 bits per heavy atom. The van der Waals surface area contributed by atoms with E-state index in [4.69, 9.17) is 0 Å². The van der Waals surface area contributed by atoms with Crippen LogP contribution in [-0.4, -0.2) is 19.1 Å². The lowest BCUT2D eigenvalue weighted by atomic mass is 9.90. The Morgan fingerprint density at radius 3 is 2.30 bits per heavy atom. The molecule has 0 atom stereocenters. The van der Waals surface area contributed by atoms with Gasteiger partial charge in [0, 0.05) is 16.9 Å². The topological polar surface area (TPSA) is 75.3 Å². The first-order valence-electron chi connectivity index (χ1n) is 9.22. The summed E-state index contributed by atoms with van der Waals surface area (Å²) < 4.78 is 26.1.